The minimum absolute atomic E-state index is 0.521. The van der Waals surface area contributed by atoms with E-state index in [-0.39, 0.29) is 0 Å². The van der Waals surface area contributed by atoms with Crippen molar-refractivity contribution in [1.82, 2.24) is 19.5 Å². The van der Waals surface area contributed by atoms with Crippen LogP contribution in [-0.2, 0) is 0 Å². The molecule has 0 saturated carbocycles. The molecule has 0 atom stereocenters. The Kier molecular flexibility index (Phi) is 5.88. The monoisotopic (exact) mass is 527 g/mol. The SMILES string of the molecule is [C-]#[N+]c1ccc(-n2c3ccc(C)cc3c3cc(C)ccc32)c(-c2nc(-c3ccccc3)nc(-c3ccccc3)n2)c1. The first kappa shape index (κ1) is 24.4. The molecule has 194 valence electrons. The third-order valence-corrected chi connectivity index (χ3v) is 7.37. The Morgan fingerprint density at radius 2 is 1.07 bits per heavy atom. The number of nitrogens with zero attached hydrogens (tertiary/aromatic N) is 5. The molecule has 5 heteroatoms. The summed E-state index contributed by atoms with van der Waals surface area (Å²) in [5.41, 5.74) is 8.61. The Morgan fingerprint density at radius 3 is 1.59 bits per heavy atom. The lowest BCUT2D eigenvalue weighted by Crippen LogP contribution is -2.03. The highest BCUT2D eigenvalue weighted by Gasteiger charge is 2.20. The molecular weight excluding hydrogens is 502 g/mol. The first-order valence-electron chi connectivity index (χ1n) is 13.5. The maximum Gasteiger partial charge on any atom is 0.188 e. The van der Waals surface area contributed by atoms with Gasteiger partial charge in [0.05, 0.1) is 23.3 Å². The van der Waals surface area contributed by atoms with E-state index in [4.69, 9.17) is 21.5 Å². The molecule has 0 saturated heterocycles. The second-order valence-corrected chi connectivity index (χ2v) is 10.2. The molecule has 5 aromatic carbocycles. The van der Waals surface area contributed by atoms with Gasteiger partial charge in [0.15, 0.2) is 23.2 Å². The third kappa shape index (κ3) is 4.32. The smallest absolute Gasteiger partial charge is 0.188 e. The van der Waals surface area contributed by atoms with Gasteiger partial charge in [0.1, 0.15) is 0 Å². The summed E-state index contributed by atoms with van der Waals surface area (Å²) in [5.74, 6) is 1.69. The number of aromatic nitrogens is 4. The van der Waals surface area contributed by atoms with Crippen molar-refractivity contribution in [3.05, 3.63) is 138 Å². The second-order valence-electron chi connectivity index (χ2n) is 10.2. The number of rotatable bonds is 4. The maximum absolute atomic E-state index is 7.78. The van der Waals surface area contributed by atoms with Gasteiger partial charge >= 0.3 is 0 Å². The summed E-state index contributed by atoms with van der Waals surface area (Å²) in [6, 6.07) is 38.8. The van der Waals surface area contributed by atoms with Gasteiger partial charge in [0.2, 0.25) is 0 Å². The molecule has 5 nitrogen and oxygen atoms in total. The fourth-order valence-electron chi connectivity index (χ4n) is 5.41. The van der Waals surface area contributed by atoms with E-state index in [1.165, 1.54) is 21.9 Å². The zero-order valence-corrected chi connectivity index (χ0v) is 22.7. The van der Waals surface area contributed by atoms with Gasteiger partial charge in [0, 0.05) is 27.5 Å². The Labute approximate surface area is 238 Å². The van der Waals surface area contributed by atoms with Crippen LogP contribution in [0.1, 0.15) is 11.1 Å². The fraction of sp³-hybridized carbons (Fsp3) is 0.0556. The molecule has 0 unspecified atom stereocenters. The molecule has 0 bridgehead atoms. The zero-order chi connectivity index (χ0) is 27.9. The van der Waals surface area contributed by atoms with E-state index in [9.17, 15) is 0 Å². The first-order chi connectivity index (χ1) is 20.1. The third-order valence-electron chi connectivity index (χ3n) is 7.37. The van der Waals surface area contributed by atoms with Crippen molar-refractivity contribution < 1.29 is 0 Å². The minimum atomic E-state index is 0.521. The van der Waals surface area contributed by atoms with Crippen molar-refractivity contribution in [2.24, 2.45) is 0 Å². The van der Waals surface area contributed by atoms with Crippen molar-refractivity contribution in [1.29, 1.82) is 0 Å². The van der Waals surface area contributed by atoms with E-state index in [2.05, 4.69) is 59.7 Å². The number of hydrogen-bond acceptors (Lipinski definition) is 3. The average Bonchev–Trinajstić information content (AvgIpc) is 3.33. The van der Waals surface area contributed by atoms with E-state index < -0.39 is 0 Å². The van der Waals surface area contributed by atoms with Crippen LogP contribution < -0.4 is 0 Å². The van der Waals surface area contributed by atoms with Crippen LogP contribution >= 0.6 is 0 Å². The minimum Gasteiger partial charge on any atom is -0.309 e. The van der Waals surface area contributed by atoms with Gasteiger partial charge in [-0.3, -0.25) is 0 Å². The van der Waals surface area contributed by atoms with Crippen LogP contribution in [0.4, 0.5) is 5.69 Å². The average molecular weight is 528 g/mol. The lowest BCUT2D eigenvalue weighted by molar-refractivity contribution is 1.06. The number of hydrogen-bond donors (Lipinski definition) is 0. The topological polar surface area (TPSA) is 48.0 Å². The van der Waals surface area contributed by atoms with Crippen molar-refractivity contribution >= 4 is 27.5 Å². The lowest BCUT2D eigenvalue weighted by atomic mass is 10.1. The summed E-state index contributed by atoms with van der Waals surface area (Å²) in [6.45, 7) is 12.0. The number of fused-ring (bicyclic) bond motifs is 3. The van der Waals surface area contributed by atoms with E-state index in [0.29, 0.717) is 23.2 Å². The number of benzene rings is 5. The Morgan fingerprint density at radius 1 is 0.561 bits per heavy atom. The molecule has 0 radical (unpaired) electrons. The highest BCUT2D eigenvalue weighted by Crippen LogP contribution is 2.38. The summed E-state index contributed by atoms with van der Waals surface area (Å²) in [4.78, 5) is 18.6. The van der Waals surface area contributed by atoms with Gasteiger partial charge in [-0.15, -0.1) is 0 Å². The molecule has 41 heavy (non-hydrogen) atoms. The van der Waals surface area contributed by atoms with Crippen molar-refractivity contribution in [2.75, 3.05) is 0 Å². The molecule has 0 spiro atoms. The Hall–Kier alpha value is -5.60. The molecule has 0 aliphatic heterocycles. The van der Waals surface area contributed by atoms with E-state index in [0.717, 1.165) is 33.4 Å². The van der Waals surface area contributed by atoms with Gasteiger partial charge < -0.3 is 4.57 Å². The van der Waals surface area contributed by atoms with Gasteiger partial charge in [0.25, 0.3) is 0 Å². The highest BCUT2D eigenvalue weighted by molar-refractivity contribution is 6.10. The van der Waals surface area contributed by atoms with Crippen LogP contribution in [0.3, 0.4) is 0 Å². The van der Waals surface area contributed by atoms with Crippen LogP contribution in [0.25, 0.3) is 66.5 Å². The van der Waals surface area contributed by atoms with Crippen molar-refractivity contribution in [3.63, 3.8) is 0 Å². The van der Waals surface area contributed by atoms with Gasteiger partial charge in [-0.25, -0.2) is 19.8 Å². The Bertz CT molecular complexity index is 2000. The standard InChI is InChI=1S/C36H25N5/c1-23-14-17-31-28(20-23)29-21-24(2)15-18-32(29)41(31)33-19-16-27(37-3)22-30(33)36-39-34(25-10-6-4-7-11-25)38-35(40-36)26-12-8-5-9-13-26/h4-22H,1-2H3. The second kappa shape index (κ2) is 9.86. The normalized spacial score (nSPS) is 11.1. The molecule has 0 amide bonds. The summed E-state index contributed by atoms with van der Waals surface area (Å²) in [5, 5.41) is 2.38. The maximum atomic E-state index is 7.78. The van der Waals surface area contributed by atoms with Crippen molar-refractivity contribution in [2.45, 2.75) is 13.8 Å². The predicted molar refractivity (Wildman–Crippen MR) is 166 cm³/mol. The molecule has 0 N–H and O–H groups in total. The van der Waals surface area contributed by atoms with Gasteiger partial charge in [-0.05, 0) is 50.2 Å². The van der Waals surface area contributed by atoms with E-state index >= 15 is 0 Å². The summed E-state index contributed by atoms with van der Waals surface area (Å²) < 4.78 is 2.26. The van der Waals surface area contributed by atoms with Crippen LogP contribution in [0, 0.1) is 20.4 Å². The van der Waals surface area contributed by atoms with Crippen LogP contribution in [-0.4, -0.2) is 19.5 Å². The van der Waals surface area contributed by atoms with Crippen LogP contribution in [0.15, 0.2) is 115 Å². The summed E-state index contributed by atoms with van der Waals surface area (Å²) >= 11 is 0. The van der Waals surface area contributed by atoms with E-state index in [1.807, 2.05) is 78.9 Å². The molecule has 0 fully saturated rings. The van der Waals surface area contributed by atoms with E-state index in [1.54, 1.807) is 0 Å². The molecular formula is C36H25N5. The molecule has 2 aromatic heterocycles. The molecule has 7 aromatic rings. The van der Waals surface area contributed by atoms with Crippen LogP contribution in [0.2, 0.25) is 0 Å². The first-order valence-corrected chi connectivity index (χ1v) is 13.5. The molecule has 2 heterocycles. The van der Waals surface area contributed by atoms with Crippen LogP contribution in [0.5, 0.6) is 0 Å². The van der Waals surface area contributed by atoms with Gasteiger partial charge in [-0.1, -0.05) is 90.0 Å². The Balaban J connectivity index is 1.56. The fourth-order valence-corrected chi connectivity index (χ4v) is 5.41. The predicted octanol–water partition coefficient (Wildman–Crippen LogP) is 9.14. The summed E-state index contributed by atoms with van der Waals surface area (Å²) in [6.07, 6.45) is 0. The number of aryl methyl sites for hydroxylation is 2. The molecule has 0 aliphatic rings. The highest BCUT2D eigenvalue weighted by atomic mass is 15.1. The quantitative estimate of drug-likeness (QED) is 0.214. The largest absolute Gasteiger partial charge is 0.309 e. The molecule has 7 rings (SSSR count). The van der Waals surface area contributed by atoms with Gasteiger partial charge in [-0.2, -0.15) is 0 Å². The zero-order valence-electron chi connectivity index (χ0n) is 22.7. The molecule has 0 aliphatic carbocycles. The lowest BCUT2D eigenvalue weighted by Gasteiger charge is -2.15. The summed E-state index contributed by atoms with van der Waals surface area (Å²) in [7, 11) is 0. The van der Waals surface area contributed by atoms with Crippen molar-refractivity contribution in [3.8, 4) is 39.9 Å².